The molecule has 1 saturated carbocycles. The number of H-pyrrole nitrogens is 1. The normalized spacial score (nSPS) is 16.8. The summed E-state index contributed by atoms with van der Waals surface area (Å²) in [6.45, 7) is 0.0887. The van der Waals surface area contributed by atoms with Crippen LogP contribution in [-0.4, -0.2) is 33.8 Å². The van der Waals surface area contributed by atoms with Gasteiger partial charge >= 0.3 is 0 Å². The lowest BCUT2D eigenvalue weighted by molar-refractivity contribution is -0.122. The molecule has 1 aromatic heterocycles. The molecular weight excluding hydrogens is 196 g/mol. The molecule has 6 nitrogen and oxygen atoms in total. The summed E-state index contributed by atoms with van der Waals surface area (Å²) in [4.78, 5) is 15.1. The van der Waals surface area contributed by atoms with Crippen molar-refractivity contribution in [2.24, 2.45) is 0 Å². The summed E-state index contributed by atoms with van der Waals surface area (Å²) in [5, 5.41) is 8.72. The van der Waals surface area contributed by atoms with Gasteiger partial charge in [0.05, 0.1) is 6.10 Å². The number of nitrogens with zero attached hydrogens (tertiary/aromatic N) is 2. The van der Waals surface area contributed by atoms with E-state index in [0.717, 1.165) is 12.8 Å². The van der Waals surface area contributed by atoms with E-state index in [0.29, 0.717) is 5.95 Å². The fourth-order valence-electron chi connectivity index (χ4n) is 1.68. The van der Waals surface area contributed by atoms with E-state index in [1.807, 2.05) is 0 Å². The number of anilines is 1. The maximum atomic E-state index is 11.3. The Morgan fingerprint density at radius 1 is 1.60 bits per heavy atom. The Labute approximate surface area is 87.4 Å². The Balaban J connectivity index is 1.68. The van der Waals surface area contributed by atoms with Crippen molar-refractivity contribution in [1.29, 1.82) is 0 Å². The van der Waals surface area contributed by atoms with Crippen LogP contribution in [0.4, 0.5) is 5.95 Å². The largest absolute Gasteiger partial charge is 0.368 e. The van der Waals surface area contributed by atoms with Crippen LogP contribution in [0.5, 0.6) is 0 Å². The van der Waals surface area contributed by atoms with Gasteiger partial charge in [0.1, 0.15) is 12.9 Å². The molecule has 1 aliphatic carbocycles. The average molecular weight is 210 g/mol. The molecule has 6 heteroatoms. The molecule has 0 aromatic carbocycles. The number of carbonyl (C=O) groups excluding carboxylic acids is 1. The lowest BCUT2D eigenvalue weighted by Crippen LogP contribution is -2.22. The van der Waals surface area contributed by atoms with Gasteiger partial charge in [0.25, 0.3) is 5.91 Å². The number of nitrogens with one attached hydrogen (secondary N) is 2. The van der Waals surface area contributed by atoms with E-state index >= 15 is 0 Å². The zero-order valence-corrected chi connectivity index (χ0v) is 8.40. The minimum Gasteiger partial charge on any atom is -0.368 e. The summed E-state index contributed by atoms with van der Waals surface area (Å²) in [6, 6.07) is 0. The molecule has 0 unspecified atom stereocenters. The lowest BCUT2D eigenvalue weighted by atomic mass is 10.3. The number of hydrogen-bond acceptors (Lipinski definition) is 4. The first kappa shape index (κ1) is 10.1. The maximum absolute atomic E-state index is 11.3. The van der Waals surface area contributed by atoms with E-state index in [2.05, 4.69) is 20.5 Å². The molecule has 0 bridgehead atoms. The number of aromatic amines is 1. The van der Waals surface area contributed by atoms with Crippen molar-refractivity contribution in [2.75, 3.05) is 11.9 Å². The topological polar surface area (TPSA) is 79.9 Å². The van der Waals surface area contributed by atoms with Crippen LogP contribution in [0.15, 0.2) is 6.33 Å². The Hall–Kier alpha value is -1.43. The summed E-state index contributed by atoms with van der Waals surface area (Å²) in [7, 11) is 0. The number of rotatable bonds is 4. The summed E-state index contributed by atoms with van der Waals surface area (Å²) < 4.78 is 5.44. The molecule has 2 N–H and O–H groups in total. The van der Waals surface area contributed by atoms with Crippen LogP contribution < -0.4 is 5.32 Å². The molecular formula is C9H14N4O2. The third kappa shape index (κ3) is 3.02. The number of amides is 1. The SMILES string of the molecule is O=C(COC1CCCC1)Nc1ncn[nH]1. The predicted molar refractivity (Wildman–Crippen MR) is 53.2 cm³/mol. The van der Waals surface area contributed by atoms with Crippen LogP contribution in [0, 0.1) is 0 Å². The van der Waals surface area contributed by atoms with Gasteiger partial charge < -0.3 is 4.74 Å². The van der Waals surface area contributed by atoms with Crippen molar-refractivity contribution in [3.05, 3.63) is 6.33 Å². The second-order valence-electron chi connectivity index (χ2n) is 3.60. The quantitative estimate of drug-likeness (QED) is 0.766. The maximum Gasteiger partial charge on any atom is 0.252 e. The molecule has 0 atom stereocenters. The van der Waals surface area contributed by atoms with Gasteiger partial charge in [0.2, 0.25) is 5.95 Å². The van der Waals surface area contributed by atoms with Crippen molar-refractivity contribution >= 4 is 11.9 Å². The van der Waals surface area contributed by atoms with Gasteiger partial charge in [-0.15, -0.1) is 0 Å². The van der Waals surface area contributed by atoms with Crippen molar-refractivity contribution in [1.82, 2.24) is 15.2 Å². The monoisotopic (exact) mass is 210 g/mol. The van der Waals surface area contributed by atoms with Gasteiger partial charge in [0, 0.05) is 0 Å². The molecule has 1 amide bonds. The van der Waals surface area contributed by atoms with Crippen LogP contribution in [0.3, 0.4) is 0 Å². The summed E-state index contributed by atoms with van der Waals surface area (Å²) in [5.41, 5.74) is 0. The van der Waals surface area contributed by atoms with Gasteiger partial charge in [0.15, 0.2) is 0 Å². The van der Waals surface area contributed by atoms with Gasteiger partial charge in [-0.25, -0.2) is 5.10 Å². The molecule has 0 aliphatic heterocycles. The highest BCUT2D eigenvalue weighted by atomic mass is 16.5. The lowest BCUT2D eigenvalue weighted by Gasteiger charge is -2.09. The van der Waals surface area contributed by atoms with Crippen molar-refractivity contribution in [3.8, 4) is 0 Å². The average Bonchev–Trinajstić information content (AvgIpc) is 2.86. The zero-order chi connectivity index (χ0) is 10.5. The molecule has 1 fully saturated rings. The van der Waals surface area contributed by atoms with E-state index in [4.69, 9.17) is 4.74 Å². The van der Waals surface area contributed by atoms with Crippen LogP contribution in [-0.2, 0) is 9.53 Å². The number of aromatic nitrogens is 3. The molecule has 82 valence electrons. The summed E-state index contributed by atoms with van der Waals surface area (Å²) in [5.74, 6) is 0.161. The van der Waals surface area contributed by atoms with Gasteiger partial charge in [-0.3, -0.25) is 10.1 Å². The number of ether oxygens (including phenoxy) is 1. The molecule has 0 spiro atoms. The van der Waals surface area contributed by atoms with Crippen LogP contribution >= 0.6 is 0 Å². The zero-order valence-electron chi connectivity index (χ0n) is 8.40. The van der Waals surface area contributed by atoms with Gasteiger partial charge in [-0.05, 0) is 12.8 Å². The smallest absolute Gasteiger partial charge is 0.252 e. The van der Waals surface area contributed by atoms with Gasteiger partial charge in [-0.1, -0.05) is 12.8 Å². The minimum absolute atomic E-state index is 0.0887. The van der Waals surface area contributed by atoms with Crippen LogP contribution in [0.25, 0.3) is 0 Å². The van der Waals surface area contributed by atoms with E-state index in [1.54, 1.807) is 0 Å². The minimum atomic E-state index is -0.196. The molecule has 1 aromatic rings. The third-order valence-electron chi connectivity index (χ3n) is 2.43. The van der Waals surface area contributed by atoms with Crippen molar-refractivity contribution < 1.29 is 9.53 Å². The van der Waals surface area contributed by atoms with Crippen molar-refractivity contribution in [3.63, 3.8) is 0 Å². The van der Waals surface area contributed by atoms with Gasteiger partial charge in [-0.2, -0.15) is 10.1 Å². The van der Waals surface area contributed by atoms with Crippen molar-refractivity contribution in [2.45, 2.75) is 31.8 Å². The Morgan fingerprint density at radius 2 is 2.40 bits per heavy atom. The molecule has 0 radical (unpaired) electrons. The highest BCUT2D eigenvalue weighted by molar-refractivity contribution is 5.89. The predicted octanol–water partition coefficient (Wildman–Crippen LogP) is 0.702. The second kappa shape index (κ2) is 4.88. The summed E-state index contributed by atoms with van der Waals surface area (Å²) in [6.07, 6.45) is 6.13. The molecule has 1 heterocycles. The third-order valence-corrected chi connectivity index (χ3v) is 2.43. The first-order valence-corrected chi connectivity index (χ1v) is 5.11. The standard InChI is InChI=1S/C9H14N4O2/c14-8(12-9-10-6-11-13-9)5-15-7-3-1-2-4-7/h6-7H,1-5H2,(H2,10,11,12,13,14). The number of carbonyl (C=O) groups is 1. The Bertz CT molecular complexity index is 306. The highest BCUT2D eigenvalue weighted by Crippen LogP contribution is 2.20. The highest BCUT2D eigenvalue weighted by Gasteiger charge is 2.16. The van der Waals surface area contributed by atoms with E-state index < -0.39 is 0 Å². The Kier molecular flexibility index (Phi) is 3.29. The molecule has 1 aliphatic rings. The fourth-order valence-corrected chi connectivity index (χ4v) is 1.68. The second-order valence-corrected chi connectivity index (χ2v) is 3.60. The van der Waals surface area contributed by atoms with E-state index in [-0.39, 0.29) is 18.6 Å². The van der Waals surface area contributed by atoms with E-state index in [1.165, 1.54) is 19.2 Å². The fraction of sp³-hybridized carbons (Fsp3) is 0.667. The molecule has 15 heavy (non-hydrogen) atoms. The first-order valence-electron chi connectivity index (χ1n) is 5.11. The van der Waals surface area contributed by atoms with Crippen LogP contribution in [0.1, 0.15) is 25.7 Å². The Morgan fingerprint density at radius 3 is 3.07 bits per heavy atom. The molecule has 2 rings (SSSR count). The first-order chi connectivity index (χ1) is 7.34. The summed E-state index contributed by atoms with van der Waals surface area (Å²) >= 11 is 0. The van der Waals surface area contributed by atoms with E-state index in [9.17, 15) is 4.79 Å². The molecule has 0 saturated heterocycles. The van der Waals surface area contributed by atoms with Crippen LogP contribution in [0.2, 0.25) is 0 Å². The number of hydrogen-bond donors (Lipinski definition) is 2.